The predicted molar refractivity (Wildman–Crippen MR) is 174 cm³/mol. The lowest BCUT2D eigenvalue weighted by Gasteiger charge is -2.18. The first-order chi connectivity index (χ1) is 22.3. The van der Waals surface area contributed by atoms with Crippen molar-refractivity contribution in [1.82, 2.24) is 39.0 Å². The van der Waals surface area contributed by atoms with Gasteiger partial charge in [-0.1, -0.05) is 38.1 Å². The zero-order chi connectivity index (χ0) is 33.4. The molecule has 12 heteroatoms. The molecular formula is C35H35F3N8O. The van der Waals surface area contributed by atoms with Crippen molar-refractivity contribution in [3.05, 3.63) is 83.2 Å². The van der Waals surface area contributed by atoms with Gasteiger partial charge in [-0.2, -0.15) is 23.4 Å². The summed E-state index contributed by atoms with van der Waals surface area (Å²) in [5.74, 6) is -3.57. The molecule has 4 heterocycles. The number of hydrogen-bond acceptors (Lipinski definition) is 5. The van der Waals surface area contributed by atoms with Crippen molar-refractivity contribution >= 4 is 27.8 Å². The van der Waals surface area contributed by atoms with Crippen molar-refractivity contribution in [3.8, 4) is 22.6 Å². The van der Waals surface area contributed by atoms with E-state index in [2.05, 4.69) is 34.7 Å². The van der Waals surface area contributed by atoms with Crippen LogP contribution in [0, 0.1) is 5.95 Å². The van der Waals surface area contributed by atoms with E-state index in [1.54, 1.807) is 37.0 Å². The molecule has 0 bridgehead atoms. The fraction of sp³-hybridized carbons (Fsp3) is 0.343. The molecule has 4 aromatic heterocycles. The van der Waals surface area contributed by atoms with E-state index < -0.39 is 18.4 Å². The normalized spacial score (nSPS) is 13.7. The summed E-state index contributed by atoms with van der Waals surface area (Å²) in [4.78, 5) is 23.6. The lowest BCUT2D eigenvalue weighted by atomic mass is 10.0. The van der Waals surface area contributed by atoms with Crippen LogP contribution in [0.15, 0.2) is 54.7 Å². The molecule has 0 unspecified atom stereocenters. The third-order valence-corrected chi connectivity index (χ3v) is 8.80. The van der Waals surface area contributed by atoms with Crippen molar-refractivity contribution in [1.29, 1.82) is 0 Å². The molecule has 1 fully saturated rings. The lowest BCUT2D eigenvalue weighted by molar-refractivity contribution is -0.0281. The largest absolute Gasteiger partial charge is 0.345 e. The van der Waals surface area contributed by atoms with E-state index in [1.165, 1.54) is 29.2 Å². The molecule has 0 radical (unpaired) electrons. The Labute approximate surface area is 269 Å². The number of aryl methyl sites for hydroxylation is 1. The van der Waals surface area contributed by atoms with Gasteiger partial charge < -0.3 is 9.47 Å². The second kappa shape index (κ2) is 11.1. The Morgan fingerprint density at radius 1 is 1.02 bits per heavy atom. The van der Waals surface area contributed by atoms with Gasteiger partial charge >= 0.3 is 0 Å². The fourth-order valence-corrected chi connectivity index (χ4v) is 6.32. The van der Waals surface area contributed by atoms with E-state index >= 15 is 13.2 Å². The van der Waals surface area contributed by atoms with Gasteiger partial charge in [-0.05, 0) is 43.0 Å². The average molecular weight is 641 g/mol. The highest BCUT2D eigenvalue weighted by atomic mass is 19.3. The van der Waals surface area contributed by atoms with Crippen molar-refractivity contribution in [2.75, 3.05) is 14.1 Å². The van der Waals surface area contributed by atoms with Crippen LogP contribution in [0.5, 0.6) is 0 Å². The number of carbonyl (C=O) groups is 1. The van der Waals surface area contributed by atoms with Crippen molar-refractivity contribution in [3.63, 3.8) is 0 Å². The van der Waals surface area contributed by atoms with Crippen LogP contribution >= 0.6 is 0 Å². The number of alkyl halides is 2. The first kappa shape index (κ1) is 30.6. The van der Waals surface area contributed by atoms with Gasteiger partial charge in [0.05, 0.1) is 22.3 Å². The Balaban J connectivity index is 1.32. The van der Waals surface area contributed by atoms with E-state index in [1.807, 2.05) is 20.3 Å². The Kier molecular flexibility index (Phi) is 7.21. The van der Waals surface area contributed by atoms with Crippen LogP contribution in [-0.4, -0.2) is 59.0 Å². The molecule has 0 saturated heterocycles. The minimum atomic E-state index is -3.45. The van der Waals surface area contributed by atoms with E-state index in [9.17, 15) is 4.79 Å². The number of fused-ring (bicyclic) bond motifs is 2. The zero-order valence-electron chi connectivity index (χ0n) is 27.1. The molecule has 1 aliphatic carbocycles. The average Bonchev–Trinajstić information content (AvgIpc) is 3.61. The van der Waals surface area contributed by atoms with Gasteiger partial charge in [-0.15, -0.1) is 0 Å². The summed E-state index contributed by atoms with van der Waals surface area (Å²) >= 11 is 0. The molecule has 0 atom stereocenters. The molecule has 47 heavy (non-hydrogen) atoms. The van der Waals surface area contributed by atoms with E-state index in [0.29, 0.717) is 22.7 Å². The van der Waals surface area contributed by atoms with Crippen LogP contribution in [0.4, 0.5) is 13.2 Å². The first-order valence-corrected chi connectivity index (χ1v) is 15.6. The van der Waals surface area contributed by atoms with Crippen molar-refractivity contribution in [2.45, 2.75) is 51.0 Å². The van der Waals surface area contributed by atoms with E-state index in [-0.39, 0.29) is 39.8 Å². The van der Waals surface area contributed by atoms with Crippen molar-refractivity contribution < 1.29 is 18.0 Å². The topological polar surface area (TPSA) is 86.7 Å². The Morgan fingerprint density at radius 2 is 1.74 bits per heavy atom. The Morgan fingerprint density at radius 3 is 2.40 bits per heavy atom. The number of aromatic nitrogens is 7. The Hall–Kier alpha value is -5.00. The number of amides is 1. The molecule has 0 N–H and O–H groups in total. The summed E-state index contributed by atoms with van der Waals surface area (Å²) in [7, 11) is 7.00. The number of halogens is 3. The van der Waals surface area contributed by atoms with Gasteiger partial charge in [0.15, 0.2) is 5.65 Å². The summed E-state index contributed by atoms with van der Waals surface area (Å²) in [5.41, 5.74) is 4.69. The first-order valence-electron chi connectivity index (χ1n) is 15.6. The zero-order valence-corrected chi connectivity index (χ0v) is 27.1. The quantitative estimate of drug-likeness (QED) is 0.179. The van der Waals surface area contributed by atoms with Crippen LogP contribution in [0.25, 0.3) is 44.6 Å². The van der Waals surface area contributed by atoms with E-state index in [0.717, 1.165) is 39.9 Å². The maximum Gasteiger partial charge on any atom is 0.292 e. The highest BCUT2D eigenvalue weighted by Gasteiger charge is 2.36. The molecule has 0 spiro atoms. The highest BCUT2D eigenvalue weighted by Crippen LogP contribution is 2.47. The Bertz CT molecular complexity index is 2170. The summed E-state index contributed by atoms with van der Waals surface area (Å²) in [6.45, 7) is 3.14. The number of carbonyl (C=O) groups excluding carboxylic acids is 1. The van der Waals surface area contributed by atoms with Crippen molar-refractivity contribution in [2.24, 2.45) is 14.1 Å². The van der Waals surface area contributed by atoms with Crippen LogP contribution in [0.2, 0.25) is 0 Å². The molecule has 6 aromatic rings. The highest BCUT2D eigenvalue weighted by molar-refractivity contribution is 5.95. The third kappa shape index (κ3) is 5.25. The van der Waals surface area contributed by atoms with E-state index in [4.69, 9.17) is 9.97 Å². The molecule has 2 aromatic carbocycles. The lowest BCUT2D eigenvalue weighted by Crippen LogP contribution is -2.24. The third-order valence-electron chi connectivity index (χ3n) is 8.80. The fourth-order valence-electron chi connectivity index (χ4n) is 6.32. The second-order valence-corrected chi connectivity index (χ2v) is 12.9. The summed E-state index contributed by atoms with van der Waals surface area (Å²) in [5, 5.41) is 9.80. The number of nitrogens with zero attached hydrogens (tertiary/aromatic N) is 8. The van der Waals surface area contributed by atoms with Gasteiger partial charge in [0.1, 0.15) is 12.4 Å². The number of imidazole rings is 1. The standard InChI is InChI=1S/C35H35F3N8O/c1-19(2)28-25(16-22-17-44(5)42-32(22)39-28)33-40-29(30(45(33)6)20-10-11-20)24-8-7-9-26-27(24)31(36)46(41-26)18-35(37,38)23-14-12-21(13-15-23)34(47)43(3)4/h7-9,12-17,19-20H,10-11,18H2,1-6H3. The molecular weight excluding hydrogens is 605 g/mol. The number of rotatable bonds is 8. The molecule has 7 rings (SSSR count). The van der Waals surface area contributed by atoms with Gasteiger partial charge in [-0.25, -0.2) is 14.6 Å². The molecule has 1 amide bonds. The summed E-state index contributed by atoms with van der Waals surface area (Å²) in [6, 6.07) is 12.3. The smallest absolute Gasteiger partial charge is 0.292 e. The summed E-state index contributed by atoms with van der Waals surface area (Å²) in [6.07, 6.45) is 3.87. The van der Waals surface area contributed by atoms with Gasteiger partial charge in [0, 0.05) is 73.6 Å². The minimum absolute atomic E-state index is 0.0892. The second-order valence-electron chi connectivity index (χ2n) is 12.9. The number of hydrogen-bond donors (Lipinski definition) is 0. The SMILES string of the molecule is CC(C)c1nc2nn(C)cc2cc1-c1nc(-c2cccc3nn(CC(F)(F)c4ccc(C(=O)N(C)C)cc4)c(F)c23)c(C2CC2)n1C. The summed E-state index contributed by atoms with van der Waals surface area (Å²) < 4.78 is 51.9. The van der Waals surface area contributed by atoms with Crippen LogP contribution in [0.3, 0.4) is 0 Å². The van der Waals surface area contributed by atoms with Crippen LogP contribution < -0.4 is 0 Å². The maximum atomic E-state index is 16.3. The van der Waals surface area contributed by atoms with Crippen LogP contribution in [0.1, 0.15) is 65.8 Å². The molecule has 242 valence electrons. The molecule has 1 saturated carbocycles. The molecule has 0 aliphatic heterocycles. The number of pyridine rings is 1. The molecule has 9 nitrogen and oxygen atoms in total. The minimum Gasteiger partial charge on any atom is -0.345 e. The number of benzene rings is 2. The molecule has 1 aliphatic rings. The maximum absolute atomic E-state index is 16.3. The van der Waals surface area contributed by atoms with Gasteiger partial charge in [-0.3, -0.25) is 9.48 Å². The monoisotopic (exact) mass is 640 g/mol. The van der Waals surface area contributed by atoms with Gasteiger partial charge in [0.25, 0.3) is 11.8 Å². The van der Waals surface area contributed by atoms with Crippen LogP contribution in [-0.2, 0) is 26.6 Å². The predicted octanol–water partition coefficient (Wildman–Crippen LogP) is 7.02. The van der Waals surface area contributed by atoms with Gasteiger partial charge in [0.2, 0.25) is 5.95 Å².